The number of aliphatic hydroxyl groups is 1. The SMILES string of the molecule is COC(=O)C1=C(c2ccccc2C)[C@@H](O)CC1. The van der Waals surface area contributed by atoms with E-state index in [1.165, 1.54) is 7.11 Å². The number of rotatable bonds is 2. The Bertz CT molecular complexity index is 474. The van der Waals surface area contributed by atoms with E-state index in [-0.39, 0.29) is 5.97 Å². The van der Waals surface area contributed by atoms with Crippen molar-refractivity contribution in [2.24, 2.45) is 0 Å². The van der Waals surface area contributed by atoms with Crippen LogP contribution in [0.2, 0.25) is 0 Å². The quantitative estimate of drug-likeness (QED) is 0.794. The Morgan fingerprint density at radius 1 is 1.41 bits per heavy atom. The predicted octanol–water partition coefficient (Wildman–Crippen LogP) is 2.08. The standard InChI is InChI=1S/C14H16O3/c1-9-5-3-4-6-10(9)13-11(14(16)17-2)7-8-12(13)15/h3-6,12,15H,7-8H2,1-2H3/t12-/m0/s1. The minimum Gasteiger partial charge on any atom is -0.466 e. The maximum absolute atomic E-state index is 11.7. The molecule has 0 amide bonds. The zero-order chi connectivity index (χ0) is 12.4. The van der Waals surface area contributed by atoms with Gasteiger partial charge in [-0.15, -0.1) is 0 Å². The maximum atomic E-state index is 11.7. The van der Waals surface area contributed by atoms with Crippen molar-refractivity contribution in [3.63, 3.8) is 0 Å². The molecule has 0 fully saturated rings. The van der Waals surface area contributed by atoms with Gasteiger partial charge < -0.3 is 9.84 Å². The van der Waals surface area contributed by atoms with E-state index in [4.69, 9.17) is 4.74 Å². The van der Waals surface area contributed by atoms with E-state index in [9.17, 15) is 9.90 Å². The second-order valence-corrected chi connectivity index (χ2v) is 4.25. The lowest BCUT2D eigenvalue weighted by Crippen LogP contribution is -2.09. The summed E-state index contributed by atoms with van der Waals surface area (Å²) < 4.78 is 4.77. The van der Waals surface area contributed by atoms with E-state index < -0.39 is 6.10 Å². The first kappa shape index (κ1) is 11.9. The number of ether oxygens (including phenoxy) is 1. The third kappa shape index (κ3) is 2.11. The molecule has 3 nitrogen and oxygen atoms in total. The van der Waals surface area contributed by atoms with Crippen LogP contribution in [0.5, 0.6) is 0 Å². The Morgan fingerprint density at radius 2 is 2.12 bits per heavy atom. The summed E-state index contributed by atoms with van der Waals surface area (Å²) in [6, 6.07) is 7.76. The molecule has 0 heterocycles. The monoisotopic (exact) mass is 232 g/mol. The van der Waals surface area contributed by atoms with Crippen LogP contribution in [0.1, 0.15) is 24.0 Å². The summed E-state index contributed by atoms with van der Waals surface area (Å²) in [5, 5.41) is 10.0. The molecule has 1 atom stereocenters. The minimum atomic E-state index is -0.565. The van der Waals surface area contributed by atoms with Gasteiger partial charge in [-0.05, 0) is 36.5 Å². The van der Waals surface area contributed by atoms with Gasteiger partial charge in [0.1, 0.15) is 0 Å². The van der Waals surface area contributed by atoms with Crippen molar-refractivity contribution in [1.82, 2.24) is 0 Å². The molecule has 0 aromatic heterocycles. The van der Waals surface area contributed by atoms with E-state index in [1.807, 2.05) is 31.2 Å². The largest absolute Gasteiger partial charge is 0.466 e. The van der Waals surface area contributed by atoms with Crippen molar-refractivity contribution in [2.45, 2.75) is 25.9 Å². The summed E-state index contributed by atoms with van der Waals surface area (Å²) in [7, 11) is 1.37. The molecule has 0 spiro atoms. The summed E-state index contributed by atoms with van der Waals surface area (Å²) >= 11 is 0. The number of aryl methyl sites for hydroxylation is 1. The van der Waals surface area contributed by atoms with Crippen LogP contribution >= 0.6 is 0 Å². The molecule has 0 saturated heterocycles. The van der Waals surface area contributed by atoms with Crippen LogP contribution in [-0.2, 0) is 9.53 Å². The van der Waals surface area contributed by atoms with Crippen molar-refractivity contribution < 1.29 is 14.6 Å². The zero-order valence-corrected chi connectivity index (χ0v) is 10.1. The Kier molecular flexibility index (Phi) is 3.29. The molecule has 1 aliphatic carbocycles. The third-order valence-corrected chi connectivity index (χ3v) is 3.19. The summed E-state index contributed by atoms with van der Waals surface area (Å²) in [4.78, 5) is 11.7. The summed E-state index contributed by atoms with van der Waals surface area (Å²) in [6.07, 6.45) is 0.608. The minimum absolute atomic E-state index is 0.334. The van der Waals surface area contributed by atoms with Gasteiger partial charge in [0.15, 0.2) is 0 Å². The summed E-state index contributed by atoms with van der Waals surface area (Å²) in [5.41, 5.74) is 3.34. The van der Waals surface area contributed by atoms with Crippen LogP contribution in [0, 0.1) is 6.92 Å². The van der Waals surface area contributed by atoms with Crippen LogP contribution in [0.25, 0.3) is 5.57 Å². The highest BCUT2D eigenvalue weighted by Gasteiger charge is 2.29. The Hall–Kier alpha value is -1.61. The highest BCUT2D eigenvalue weighted by molar-refractivity contribution is 6.00. The fourth-order valence-corrected chi connectivity index (χ4v) is 2.31. The molecule has 1 aromatic carbocycles. The molecular formula is C14H16O3. The number of hydrogen-bond donors (Lipinski definition) is 1. The number of methoxy groups -OCH3 is 1. The molecular weight excluding hydrogens is 216 g/mol. The normalized spacial score (nSPS) is 19.6. The van der Waals surface area contributed by atoms with Crippen LogP contribution in [-0.4, -0.2) is 24.3 Å². The van der Waals surface area contributed by atoms with E-state index in [2.05, 4.69) is 0 Å². The topological polar surface area (TPSA) is 46.5 Å². The summed E-state index contributed by atoms with van der Waals surface area (Å²) in [6.45, 7) is 1.97. The molecule has 3 heteroatoms. The molecule has 1 N–H and O–H groups in total. The van der Waals surface area contributed by atoms with Crippen molar-refractivity contribution in [2.75, 3.05) is 7.11 Å². The smallest absolute Gasteiger partial charge is 0.334 e. The highest BCUT2D eigenvalue weighted by Crippen LogP contribution is 2.36. The Morgan fingerprint density at radius 3 is 2.76 bits per heavy atom. The van der Waals surface area contributed by atoms with Gasteiger partial charge in [-0.1, -0.05) is 24.3 Å². The van der Waals surface area contributed by atoms with E-state index in [0.29, 0.717) is 18.4 Å². The average molecular weight is 232 g/mol. The van der Waals surface area contributed by atoms with Crippen LogP contribution < -0.4 is 0 Å². The van der Waals surface area contributed by atoms with Gasteiger partial charge in [-0.25, -0.2) is 4.79 Å². The number of benzene rings is 1. The summed E-state index contributed by atoms with van der Waals surface area (Å²) in [5.74, 6) is -0.334. The maximum Gasteiger partial charge on any atom is 0.334 e. The number of esters is 1. The first-order chi connectivity index (χ1) is 8.15. The van der Waals surface area contributed by atoms with Crippen molar-refractivity contribution in [3.05, 3.63) is 41.0 Å². The van der Waals surface area contributed by atoms with Gasteiger partial charge in [0.25, 0.3) is 0 Å². The van der Waals surface area contributed by atoms with Gasteiger partial charge >= 0.3 is 5.97 Å². The number of aliphatic hydroxyl groups excluding tert-OH is 1. The zero-order valence-electron chi connectivity index (χ0n) is 10.1. The molecule has 0 radical (unpaired) electrons. The molecule has 17 heavy (non-hydrogen) atoms. The lowest BCUT2D eigenvalue weighted by Gasteiger charge is -2.12. The van der Waals surface area contributed by atoms with Crippen LogP contribution in [0.4, 0.5) is 0 Å². The first-order valence-corrected chi connectivity index (χ1v) is 5.70. The third-order valence-electron chi connectivity index (χ3n) is 3.19. The van der Waals surface area contributed by atoms with E-state index >= 15 is 0 Å². The Balaban J connectivity index is 2.53. The molecule has 0 aliphatic heterocycles. The highest BCUT2D eigenvalue weighted by atomic mass is 16.5. The van der Waals surface area contributed by atoms with Crippen LogP contribution in [0.15, 0.2) is 29.8 Å². The average Bonchev–Trinajstić information content (AvgIpc) is 2.71. The first-order valence-electron chi connectivity index (χ1n) is 5.70. The van der Waals surface area contributed by atoms with Gasteiger partial charge in [-0.3, -0.25) is 0 Å². The molecule has 0 unspecified atom stereocenters. The van der Waals surface area contributed by atoms with Crippen molar-refractivity contribution in [1.29, 1.82) is 0 Å². The van der Waals surface area contributed by atoms with Crippen molar-refractivity contribution in [3.8, 4) is 0 Å². The Labute approximate surface area is 101 Å². The number of carbonyl (C=O) groups is 1. The van der Waals surface area contributed by atoms with Crippen LogP contribution in [0.3, 0.4) is 0 Å². The van der Waals surface area contributed by atoms with Gasteiger partial charge in [0.2, 0.25) is 0 Å². The molecule has 0 bridgehead atoms. The van der Waals surface area contributed by atoms with E-state index in [1.54, 1.807) is 0 Å². The fraction of sp³-hybridized carbons (Fsp3) is 0.357. The lowest BCUT2D eigenvalue weighted by molar-refractivity contribution is -0.136. The second kappa shape index (κ2) is 4.72. The van der Waals surface area contributed by atoms with Crippen molar-refractivity contribution >= 4 is 11.5 Å². The second-order valence-electron chi connectivity index (χ2n) is 4.25. The fourth-order valence-electron chi connectivity index (χ4n) is 2.31. The predicted molar refractivity (Wildman–Crippen MR) is 65.4 cm³/mol. The van der Waals surface area contributed by atoms with Gasteiger partial charge in [0.05, 0.1) is 13.2 Å². The number of hydrogen-bond acceptors (Lipinski definition) is 3. The van der Waals surface area contributed by atoms with E-state index in [0.717, 1.165) is 16.7 Å². The lowest BCUT2D eigenvalue weighted by atomic mass is 9.96. The van der Waals surface area contributed by atoms with Gasteiger partial charge in [-0.2, -0.15) is 0 Å². The molecule has 1 aliphatic rings. The molecule has 2 rings (SSSR count). The molecule has 0 saturated carbocycles. The van der Waals surface area contributed by atoms with Gasteiger partial charge in [0, 0.05) is 5.57 Å². The molecule has 90 valence electrons. The molecule has 1 aromatic rings. The number of carbonyl (C=O) groups excluding carboxylic acids is 1.